The second kappa shape index (κ2) is 11.2. The van der Waals surface area contributed by atoms with Crippen molar-refractivity contribution in [2.24, 2.45) is 0 Å². The van der Waals surface area contributed by atoms with E-state index in [9.17, 15) is 14.7 Å². The number of nitrogens with zero attached hydrogens (tertiary/aromatic N) is 1. The first-order chi connectivity index (χ1) is 18.9. The molecule has 2 aromatic carbocycles. The van der Waals surface area contributed by atoms with Crippen LogP contribution < -0.4 is 4.90 Å². The molecule has 0 aliphatic carbocycles. The Bertz CT molecular complexity index is 1320. The van der Waals surface area contributed by atoms with Crippen LogP contribution in [-0.4, -0.2) is 36.5 Å². The van der Waals surface area contributed by atoms with Crippen LogP contribution in [0.15, 0.2) is 42.5 Å². The molecule has 5 nitrogen and oxygen atoms in total. The fourth-order valence-electron chi connectivity index (χ4n) is 2.72. The molecule has 0 aliphatic rings. The zero-order chi connectivity index (χ0) is 32.7. The molecule has 0 aromatic heterocycles. The van der Waals surface area contributed by atoms with Crippen molar-refractivity contribution in [2.45, 2.75) is 46.2 Å². The smallest absolute Gasteiger partial charge is 0.338 e. The zero-order valence-electron chi connectivity index (χ0n) is 29.1. The molecule has 0 saturated carbocycles. The maximum Gasteiger partial charge on any atom is 0.338 e. The number of hydrogen-bond acceptors (Lipinski definition) is 5. The molecule has 0 saturated heterocycles. The molecule has 2 rings (SSSR count). The minimum Gasteiger partial charge on any atom is -0.507 e. The average Bonchev–Trinajstić information content (AvgIpc) is 2.87. The first-order valence-electron chi connectivity index (χ1n) is 15.4. The highest BCUT2D eigenvalue weighted by molar-refractivity contribution is 6.15. The van der Waals surface area contributed by atoms with Gasteiger partial charge < -0.3 is 14.7 Å². The van der Waals surface area contributed by atoms with Crippen molar-refractivity contribution in [3.8, 4) is 5.75 Å². The minimum atomic E-state index is -4.23. The Kier molecular flexibility index (Phi) is 3.99. The quantitative estimate of drug-likeness (QED) is 0.407. The Balaban J connectivity index is 2.49. The number of esters is 1. The number of carbonyl (C=O) groups excluding carboxylic acids is 2. The van der Waals surface area contributed by atoms with Crippen molar-refractivity contribution in [1.29, 1.82) is 0 Å². The summed E-state index contributed by atoms with van der Waals surface area (Å²) in [4.78, 5) is 28.3. The lowest BCUT2D eigenvalue weighted by atomic mass is 9.97. The summed E-state index contributed by atoms with van der Waals surface area (Å²) in [5.74, 6) is -2.97. The predicted molar refractivity (Wildman–Crippen MR) is 116 cm³/mol. The van der Waals surface area contributed by atoms with E-state index < -0.39 is 62.0 Å². The number of benzene rings is 2. The SMILES string of the molecule is [2H]C([2H])([2H])C([2H])([2H])C([2H])([2H])C([2H])([2H])C([2H])([2H])C([2H])([2H])OC(=O)c1ccccc1C(=O)c1ccc(N(CC)CC)cc1O. The molecule has 0 fully saturated rings. The van der Waals surface area contributed by atoms with Gasteiger partial charge in [0.05, 0.1) is 20.4 Å². The molecule has 0 unspecified atom stereocenters. The summed E-state index contributed by atoms with van der Waals surface area (Å²) < 4.78 is 106. The van der Waals surface area contributed by atoms with Crippen LogP contribution in [0.4, 0.5) is 5.69 Å². The Morgan fingerprint density at radius 2 is 1.76 bits per heavy atom. The van der Waals surface area contributed by atoms with E-state index in [0.29, 0.717) is 18.8 Å². The van der Waals surface area contributed by atoms with Gasteiger partial charge in [-0.1, -0.05) is 44.2 Å². The number of hydrogen-bond donors (Lipinski definition) is 1. The molecule has 0 heterocycles. The van der Waals surface area contributed by atoms with E-state index >= 15 is 0 Å². The predicted octanol–water partition coefficient (Wildman–Crippen LogP) is 5.21. The van der Waals surface area contributed by atoms with Crippen LogP contribution in [-0.2, 0) is 4.74 Å². The zero-order valence-corrected chi connectivity index (χ0v) is 16.1. The van der Waals surface area contributed by atoms with Gasteiger partial charge in [-0.05, 0) is 38.4 Å². The van der Waals surface area contributed by atoms with Gasteiger partial charge in [0.2, 0.25) is 0 Å². The summed E-state index contributed by atoms with van der Waals surface area (Å²) in [7, 11) is 0. The topological polar surface area (TPSA) is 66.8 Å². The number of anilines is 1. The monoisotopic (exact) mass is 410 g/mol. The Morgan fingerprint density at radius 1 is 1.03 bits per heavy atom. The molecule has 0 radical (unpaired) electrons. The Morgan fingerprint density at radius 3 is 2.41 bits per heavy atom. The number of rotatable bonds is 11. The maximum absolute atomic E-state index is 13.3. The van der Waals surface area contributed by atoms with Gasteiger partial charge in [0, 0.05) is 45.5 Å². The molecule has 0 aliphatic heterocycles. The highest BCUT2D eigenvalue weighted by atomic mass is 16.5. The van der Waals surface area contributed by atoms with Crippen molar-refractivity contribution in [2.75, 3.05) is 24.5 Å². The van der Waals surface area contributed by atoms with Gasteiger partial charge >= 0.3 is 5.97 Å². The molecule has 0 atom stereocenters. The molecular weight excluding hydrogens is 366 g/mol. The van der Waals surface area contributed by atoms with E-state index in [0.717, 1.165) is 12.1 Å². The van der Waals surface area contributed by atoms with Crippen molar-refractivity contribution in [1.82, 2.24) is 0 Å². The molecular formula is C24H31NO4. The lowest BCUT2D eigenvalue weighted by Crippen LogP contribution is -2.21. The largest absolute Gasteiger partial charge is 0.507 e. The first kappa shape index (κ1) is 10.3. The van der Waals surface area contributed by atoms with Gasteiger partial charge in [0.1, 0.15) is 5.75 Å². The number of aromatic hydroxyl groups is 1. The third kappa shape index (κ3) is 5.83. The van der Waals surface area contributed by atoms with Crippen molar-refractivity contribution >= 4 is 17.4 Å². The van der Waals surface area contributed by atoms with Crippen LogP contribution in [0.25, 0.3) is 0 Å². The second-order valence-electron chi connectivity index (χ2n) is 5.74. The maximum atomic E-state index is 13.3. The molecule has 156 valence electrons. The number of ether oxygens (including phenoxy) is 1. The fourth-order valence-corrected chi connectivity index (χ4v) is 2.72. The molecule has 0 spiro atoms. The fraction of sp³-hybridized carbons (Fsp3) is 0.417. The van der Waals surface area contributed by atoms with E-state index in [-0.39, 0.29) is 11.1 Å². The summed E-state index contributed by atoms with van der Waals surface area (Å²) in [5, 5.41) is 10.6. The lowest BCUT2D eigenvalue weighted by molar-refractivity contribution is 0.0495. The Labute approximate surface area is 191 Å². The van der Waals surface area contributed by atoms with E-state index in [1.807, 2.05) is 18.7 Å². The van der Waals surface area contributed by atoms with Crippen LogP contribution in [0.2, 0.25) is 0 Å². The number of ketones is 1. The van der Waals surface area contributed by atoms with E-state index in [1.165, 1.54) is 24.3 Å². The minimum absolute atomic E-state index is 0.221. The molecule has 0 amide bonds. The van der Waals surface area contributed by atoms with Gasteiger partial charge in [-0.25, -0.2) is 4.79 Å². The highest BCUT2D eigenvalue weighted by Crippen LogP contribution is 2.28. The summed E-state index contributed by atoms with van der Waals surface area (Å²) in [6.45, 7) is -2.77. The van der Waals surface area contributed by atoms with Crippen LogP contribution >= 0.6 is 0 Å². The molecule has 29 heavy (non-hydrogen) atoms. The second-order valence-corrected chi connectivity index (χ2v) is 5.74. The average molecular weight is 411 g/mol. The summed E-state index contributed by atoms with van der Waals surface area (Å²) >= 11 is 0. The third-order valence-corrected chi connectivity index (χ3v) is 4.13. The van der Waals surface area contributed by atoms with Crippen molar-refractivity contribution in [3.05, 3.63) is 59.2 Å². The molecule has 5 heteroatoms. The van der Waals surface area contributed by atoms with E-state index in [1.54, 1.807) is 6.07 Å². The number of phenols is 1. The van der Waals surface area contributed by atoms with Crippen molar-refractivity contribution < 1.29 is 37.3 Å². The van der Waals surface area contributed by atoms with E-state index in [4.69, 9.17) is 17.8 Å². The third-order valence-electron chi connectivity index (χ3n) is 4.13. The Hall–Kier alpha value is -2.82. The highest BCUT2D eigenvalue weighted by Gasteiger charge is 2.21. The standard InChI is InChI=1S/C24H31NO4/c1-4-7-8-11-16-29-24(28)20-13-10-9-12-19(20)23(27)21-15-14-18(17-22(21)26)25(5-2)6-3/h9-10,12-15,17,26H,4-8,11,16H2,1-3H3/i1D3,4D2,7D2,8D2,11D2,16D2. The van der Waals surface area contributed by atoms with Gasteiger partial charge in [-0.3, -0.25) is 4.79 Å². The van der Waals surface area contributed by atoms with Crippen LogP contribution in [0, 0.1) is 0 Å². The summed E-state index contributed by atoms with van der Waals surface area (Å²) in [6.07, 6.45) is -16.6. The summed E-state index contributed by atoms with van der Waals surface area (Å²) in [6, 6.07) is 9.05. The molecule has 2 aromatic rings. The van der Waals surface area contributed by atoms with Crippen LogP contribution in [0.5, 0.6) is 5.75 Å². The number of carbonyl (C=O) groups is 2. The normalized spacial score (nSPS) is 20.1. The first-order valence-corrected chi connectivity index (χ1v) is 8.88. The number of phenolic OH excluding ortho intramolecular Hbond substituents is 1. The van der Waals surface area contributed by atoms with Crippen molar-refractivity contribution in [3.63, 3.8) is 0 Å². The van der Waals surface area contributed by atoms with Crippen LogP contribution in [0.1, 0.15) is 90.3 Å². The molecule has 0 bridgehead atoms. The van der Waals surface area contributed by atoms with E-state index in [2.05, 4.69) is 4.74 Å². The van der Waals surface area contributed by atoms with Gasteiger partial charge in [0.25, 0.3) is 0 Å². The molecule has 1 N–H and O–H groups in total. The van der Waals surface area contributed by atoms with Crippen LogP contribution in [0.3, 0.4) is 0 Å². The van der Waals surface area contributed by atoms with Gasteiger partial charge in [0.15, 0.2) is 5.78 Å². The summed E-state index contributed by atoms with van der Waals surface area (Å²) in [5.41, 5.74) is -0.590. The van der Waals surface area contributed by atoms with Gasteiger partial charge in [-0.15, -0.1) is 0 Å². The van der Waals surface area contributed by atoms with Gasteiger partial charge in [-0.2, -0.15) is 0 Å². The lowest BCUT2D eigenvalue weighted by Gasteiger charge is -2.21.